The Morgan fingerprint density at radius 1 is 1.21 bits per heavy atom. The van der Waals surface area contributed by atoms with E-state index in [9.17, 15) is 13.6 Å². The Hall–Kier alpha value is -3.45. The molecule has 0 aliphatic carbocycles. The molecule has 1 unspecified atom stereocenters. The zero-order valence-corrected chi connectivity index (χ0v) is 15.8. The van der Waals surface area contributed by atoms with Crippen molar-refractivity contribution in [2.75, 3.05) is 5.32 Å². The molecule has 0 spiro atoms. The summed E-state index contributed by atoms with van der Waals surface area (Å²) in [4.78, 5) is 12.4. The van der Waals surface area contributed by atoms with Crippen LogP contribution in [-0.4, -0.2) is 28.0 Å². The third kappa shape index (κ3) is 5.30. The molecule has 0 saturated heterocycles. The molecule has 1 aromatic heterocycles. The fourth-order valence-corrected chi connectivity index (χ4v) is 2.97. The van der Waals surface area contributed by atoms with Crippen molar-refractivity contribution in [3.63, 3.8) is 0 Å². The monoisotopic (exact) mass is 416 g/mol. The van der Waals surface area contributed by atoms with Gasteiger partial charge in [0.2, 0.25) is 11.8 Å². The van der Waals surface area contributed by atoms with Crippen molar-refractivity contribution >= 4 is 23.4 Å². The second-order valence-corrected chi connectivity index (χ2v) is 6.97. The minimum Gasteiger partial charge on any atom is -0.435 e. The Morgan fingerprint density at radius 2 is 1.93 bits per heavy atom. The standard InChI is InChI=1S/C19H14F2N4O3S/c1-11(16(26)23-15-5-3-2-4-13(15)10-22)29-19-25-24-17(28-19)12-6-8-14(9-7-12)27-18(20)21/h2-9,11,18H,1H3,(H,23,26). The summed E-state index contributed by atoms with van der Waals surface area (Å²) in [6.07, 6.45) is 0. The number of nitrogens with zero attached hydrogens (tertiary/aromatic N) is 3. The van der Waals surface area contributed by atoms with E-state index in [4.69, 9.17) is 9.68 Å². The maximum atomic E-state index is 12.4. The van der Waals surface area contributed by atoms with Crippen LogP contribution in [0.4, 0.5) is 14.5 Å². The van der Waals surface area contributed by atoms with Crippen molar-refractivity contribution < 1.29 is 22.7 Å². The number of hydrogen-bond acceptors (Lipinski definition) is 7. The molecular weight excluding hydrogens is 402 g/mol. The Morgan fingerprint density at radius 3 is 2.62 bits per heavy atom. The molecule has 1 heterocycles. The predicted octanol–water partition coefficient (Wildman–Crippen LogP) is 4.33. The van der Waals surface area contributed by atoms with Crippen molar-refractivity contribution in [1.82, 2.24) is 10.2 Å². The lowest BCUT2D eigenvalue weighted by molar-refractivity contribution is -0.115. The third-order valence-electron chi connectivity index (χ3n) is 3.69. The normalized spacial score (nSPS) is 11.7. The molecule has 10 heteroatoms. The van der Waals surface area contributed by atoms with Gasteiger partial charge in [-0.3, -0.25) is 4.79 Å². The van der Waals surface area contributed by atoms with Crippen LogP contribution in [0.25, 0.3) is 11.5 Å². The first-order valence-electron chi connectivity index (χ1n) is 8.31. The third-order valence-corrected chi connectivity index (χ3v) is 4.62. The van der Waals surface area contributed by atoms with E-state index >= 15 is 0 Å². The molecule has 148 valence electrons. The van der Waals surface area contributed by atoms with Gasteiger partial charge in [-0.15, -0.1) is 10.2 Å². The fourth-order valence-electron chi connectivity index (χ4n) is 2.28. The molecule has 29 heavy (non-hydrogen) atoms. The maximum absolute atomic E-state index is 12.4. The van der Waals surface area contributed by atoms with E-state index in [0.717, 1.165) is 11.8 Å². The smallest absolute Gasteiger partial charge is 0.387 e. The summed E-state index contributed by atoms with van der Waals surface area (Å²) < 4.78 is 34.2. The van der Waals surface area contributed by atoms with Gasteiger partial charge in [0.15, 0.2) is 0 Å². The highest BCUT2D eigenvalue weighted by molar-refractivity contribution is 8.00. The summed E-state index contributed by atoms with van der Waals surface area (Å²) in [5, 5.41) is 19.2. The van der Waals surface area contributed by atoms with Crippen LogP contribution in [-0.2, 0) is 4.79 Å². The lowest BCUT2D eigenvalue weighted by Crippen LogP contribution is -2.22. The van der Waals surface area contributed by atoms with Crippen LogP contribution in [0, 0.1) is 11.3 Å². The Labute approximate surface area is 168 Å². The number of amides is 1. The van der Waals surface area contributed by atoms with Gasteiger partial charge < -0.3 is 14.5 Å². The topological polar surface area (TPSA) is 101 Å². The lowest BCUT2D eigenvalue weighted by Gasteiger charge is -2.10. The number of rotatable bonds is 7. The van der Waals surface area contributed by atoms with Crippen LogP contribution in [0.1, 0.15) is 12.5 Å². The van der Waals surface area contributed by atoms with Crippen LogP contribution in [0.15, 0.2) is 58.2 Å². The van der Waals surface area contributed by atoms with Crippen LogP contribution < -0.4 is 10.1 Å². The molecule has 2 aromatic carbocycles. The molecule has 1 amide bonds. The number of anilines is 1. The molecule has 0 bridgehead atoms. The number of ether oxygens (including phenoxy) is 1. The second-order valence-electron chi connectivity index (χ2n) is 5.68. The van der Waals surface area contributed by atoms with E-state index < -0.39 is 11.9 Å². The number of nitrogens with one attached hydrogen (secondary N) is 1. The van der Waals surface area contributed by atoms with Crippen molar-refractivity contribution in [3.05, 3.63) is 54.1 Å². The number of carbonyl (C=O) groups excluding carboxylic acids is 1. The molecule has 0 aliphatic rings. The van der Waals surface area contributed by atoms with Crippen LogP contribution in [0.3, 0.4) is 0 Å². The number of para-hydroxylation sites is 1. The molecule has 0 saturated carbocycles. The van der Waals surface area contributed by atoms with Gasteiger partial charge in [0.1, 0.15) is 11.8 Å². The van der Waals surface area contributed by atoms with Crippen LogP contribution in [0.2, 0.25) is 0 Å². The quantitative estimate of drug-likeness (QED) is 0.572. The first-order chi connectivity index (χ1) is 14.0. The van der Waals surface area contributed by atoms with E-state index in [1.165, 1.54) is 24.3 Å². The predicted molar refractivity (Wildman–Crippen MR) is 101 cm³/mol. The summed E-state index contributed by atoms with van der Waals surface area (Å²) in [6.45, 7) is -1.24. The highest BCUT2D eigenvalue weighted by Crippen LogP contribution is 2.28. The van der Waals surface area contributed by atoms with Gasteiger partial charge in [0.05, 0.1) is 16.5 Å². The number of thioether (sulfide) groups is 1. The Kier molecular flexibility index (Phi) is 6.41. The largest absolute Gasteiger partial charge is 0.435 e. The highest BCUT2D eigenvalue weighted by atomic mass is 32.2. The van der Waals surface area contributed by atoms with Gasteiger partial charge in [0, 0.05) is 5.56 Å². The highest BCUT2D eigenvalue weighted by Gasteiger charge is 2.20. The summed E-state index contributed by atoms with van der Waals surface area (Å²) in [5.74, 6) is -0.134. The average molecular weight is 416 g/mol. The van der Waals surface area contributed by atoms with Gasteiger partial charge in [-0.1, -0.05) is 23.9 Å². The van der Waals surface area contributed by atoms with E-state index in [1.807, 2.05) is 6.07 Å². The van der Waals surface area contributed by atoms with Crippen molar-refractivity contribution in [3.8, 4) is 23.3 Å². The molecule has 3 rings (SSSR count). The van der Waals surface area contributed by atoms with Crippen LogP contribution >= 0.6 is 11.8 Å². The number of nitriles is 1. The van der Waals surface area contributed by atoms with Crippen molar-refractivity contribution in [2.45, 2.75) is 24.0 Å². The number of aromatic nitrogens is 2. The molecule has 0 fully saturated rings. The van der Waals surface area contributed by atoms with Gasteiger partial charge in [-0.25, -0.2) is 0 Å². The molecule has 0 aliphatic heterocycles. The summed E-state index contributed by atoms with van der Waals surface area (Å²) >= 11 is 1.05. The zero-order valence-electron chi connectivity index (χ0n) is 15.0. The van der Waals surface area contributed by atoms with Crippen LogP contribution in [0.5, 0.6) is 5.75 Å². The molecule has 1 N–H and O–H groups in total. The van der Waals surface area contributed by atoms with Gasteiger partial charge in [-0.05, 0) is 43.3 Å². The first-order valence-corrected chi connectivity index (χ1v) is 9.19. The number of hydrogen-bond donors (Lipinski definition) is 1. The summed E-state index contributed by atoms with van der Waals surface area (Å²) in [6, 6.07) is 14.4. The van der Waals surface area contributed by atoms with E-state index in [-0.39, 0.29) is 22.8 Å². The average Bonchev–Trinajstić information content (AvgIpc) is 3.17. The zero-order chi connectivity index (χ0) is 20.8. The number of halogens is 2. The van der Waals surface area contributed by atoms with Crippen molar-refractivity contribution in [2.24, 2.45) is 0 Å². The lowest BCUT2D eigenvalue weighted by atomic mass is 10.2. The molecule has 0 radical (unpaired) electrons. The molecule has 1 atom stereocenters. The number of carbonyl (C=O) groups is 1. The maximum Gasteiger partial charge on any atom is 0.387 e. The fraction of sp³-hybridized carbons (Fsp3) is 0.158. The molecular formula is C19H14F2N4O3S. The molecule has 7 nitrogen and oxygen atoms in total. The number of alkyl halides is 2. The SMILES string of the molecule is CC(Sc1nnc(-c2ccc(OC(F)F)cc2)o1)C(=O)Nc1ccccc1C#N. The van der Waals surface area contributed by atoms with E-state index in [2.05, 4.69) is 20.3 Å². The Bertz CT molecular complexity index is 1030. The van der Waals surface area contributed by atoms with E-state index in [0.29, 0.717) is 16.8 Å². The molecule has 3 aromatic rings. The summed E-state index contributed by atoms with van der Waals surface area (Å²) in [5.41, 5.74) is 1.30. The van der Waals surface area contributed by atoms with Gasteiger partial charge in [0.25, 0.3) is 5.22 Å². The van der Waals surface area contributed by atoms with E-state index in [1.54, 1.807) is 31.2 Å². The summed E-state index contributed by atoms with van der Waals surface area (Å²) in [7, 11) is 0. The van der Waals surface area contributed by atoms with Gasteiger partial charge >= 0.3 is 6.61 Å². The minimum absolute atomic E-state index is 0.0146. The number of benzene rings is 2. The minimum atomic E-state index is -2.90. The Balaban J connectivity index is 1.63. The van der Waals surface area contributed by atoms with Crippen molar-refractivity contribution in [1.29, 1.82) is 5.26 Å². The first kappa shape index (κ1) is 20.3. The second kappa shape index (κ2) is 9.16. The van der Waals surface area contributed by atoms with Gasteiger partial charge in [-0.2, -0.15) is 14.0 Å².